The van der Waals surface area contributed by atoms with E-state index in [1.54, 1.807) is 30.3 Å². The molecule has 0 saturated carbocycles. The van der Waals surface area contributed by atoms with Gasteiger partial charge in [0.1, 0.15) is 11.9 Å². The molecule has 1 heterocycles. The maximum Gasteiger partial charge on any atom is 0.194 e. The number of ether oxygens (including phenoxy) is 1. The summed E-state index contributed by atoms with van der Waals surface area (Å²) in [6.07, 6.45) is 1.34. The van der Waals surface area contributed by atoms with E-state index in [1.807, 2.05) is 27.7 Å². The lowest BCUT2D eigenvalue weighted by atomic mass is 9.79. The molecule has 3 heteroatoms. The van der Waals surface area contributed by atoms with Crippen molar-refractivity contribution in [3.05, 3.63) is 58.4 Å². The summed E-state index contributed by atoms with van der Waals surface area (Å²) < 4.78 is 5.88. The molecule has 21 heavy (non-hydrogen) atoms. The second-order valence-electron chi connectivity index (χ2n) is 6.55. The third kappa shape index (κ3) is 2.04. The minimum absolute atomic E-state index is 0.0860. The van der Waals surface area contributed by atoms with Gasteiger partial charge in [0.2, 0.25) is 0 Å². The van der Waals surface area contributed by atoms with Crippen LogP contribution >= 0.6 is 0 Å². The van der Waals surface area contributed by atoms with Gasteiger partial charge in [-0.15, -0.1) is 0 Å². The predicted octanol–water partition coefficient (Wildman–Crippen LogP) is 3.71. The van der Waals surface area contributed by atoms with E-state index < -0.39 is 6.10 Å². The van der Waals surface area contributed by atoms with E-state index in [2.05, 4.69) is 0 Å². The van der Waals surface area contributed by atoms with Crippen molar-refractivity contribution in [1.82, 2.24) is 0 Å². The number of ketones is 2. The molecule has 1 unspecified atom stereocenters. The van der Waals surface area contributed by atoms with Crippen molar-refractivity contribution in [3.8, 4) is 0 Å². The van der Waals surface area contributed by atoms with Gasteiger partial charge in [-0.25, -0.2) is 0 Å². The van der Waals surface area contributed by atoms with Crippen molar-refractivity contribution < 1.29 is 14.3 Å². The number of rotatable bonds is 0. The van der Waals surface area contributed by atoms with Gasteiger partial charge >= 0.3 is 0 Å². The summed E-state index contributed by atoms with van der Waals surface area (Å²) in [6.45, 7) is 7.91. The molecule has 0 saturated heterocycles. The zero-order chi connectivity index (χ0) is 15.4. The zero-order valence-electron chi connectivity index (χ0n) is 12.7. The number of hydrogen-bond acceptors (Lipinski definition) is 3. The summed E-state index contributed by atoms with van der Waals surface area (Å²) in [7, 11) is 0. The quantitative estimate of drug-likeness (QED) is 0.728. The first kappa shape index (κ1) is 13.8. The highest BCUT2D eigenvalue weighted by molar-refractivity contribution is 6.28. The lowest BCUT2D eigenvalue weighted by molar-refractivity contribution is 0.0816. The van der Waals surface area contributed by atoms with Crippen molar-refractivity contribution in [2.45, 2.75) is 33.8 Å². The maximum absolute atomic E-state index is 12.7. The van der Waals surface area contributed by atoms with Crippen LogP contribution in [0.1, 0.15) is 48.4 Å². The summed E-state index contributed by atoms with van der Waals surface area (Å²) >= 11 is 0. The standard InChI is InChI=1S/C18H18O3/c1-10-15-13(9-14(21-10)18(2,3)4)16(19)11-7-5-6-8-12(11)17(15)20/h5-10H,1-4H3. The Morgan fingerprint density at radius 3 is 2.14 bits per heavy atom. The van der Waals surface area contributed by atoms with Gasteiger partial charge in [0.05, 0.1) is 5.57 Å². The Morgan fingerprint density at radius 1 is 1.00 bits per heavy atom. The van der Waals surface area contributed by atoms with Crippen LogP contribution in [0.25, 0.3) is 0 Å². The topological polar surface area (TPSA) is 43.4 Å². The van der Waals surface area contributed by atoms with Crippen LogP contribution in [-0.4, -0.2) is 17.7 Å². The Bertz CT molecular complexity index is 714. The molecule has 0 N–H and O–H groups in total. The van der Waals surface area contributed by atoms with Crippen LogP contribution in [0.15, 0.2) is 47.2 Å². The van der Waals surface area contributed by atoms with Crippen LogP contribution in [0.3, 0.4) is 0 Å². The van der Waals surface area contributed by atoms with Crippen molar-refractivity contribution in [1.29, 1.82) is 0 Å². The number of benzene rings is 1. The van der Waals surface area contributed by atoms with Gasteiger partial charge in [0.15, 0.2) is 11.6 Å². The van der Waals surface area contributed by atoms with E-state index in [9.17, 15) is 9.59 Å². The second kappa shape index (κ2) is 4.42. The summed E-state index contributed by atoms with van der Waals surface area (Å²) in [5, 5.41) is 0. The Labute approximate surface area is 124 Å². The lowest BCUT2D eigenvalue weighted by Crippen LogP contribution is -2.33. The molecule has 2 aliphatic rings. The average molecular weight is 282 g/mol. The first-order valence-electron chi connectivity index (χ1n) is 7.12. The van der Waals surface area contributed by atoms with E-state index in [0.717, 1.165) is 5.76 Å². The van der Waals surface area contributed by atoms with Crippen LogP contribution in [0.5, 0.6) is 0 Å². The highest BCUT2D eigenvalue weighted by atomic mass is 16.5. The van der Waals surface area contributed by atoms with E-state index in [1.165, 1.54) is 0 Å². The Balaban J connectivity index is 2.21. The van der Waals surface area contributed by atoms with Crippen LogP contribution in [0.2, 0.25) is 0 Å². The highest BCUT2D eigenvalue weighted by Gasteiger charge is 2.38. The Hall–Kier alpha value is -2.16. The molecule has 1 aliphatic carbocycles. The second-order valence-corrected chi connectivity index (χ2v) is 6.55. The van der Waals surface area contributed by atoms with Crippen molar-refractivity contribution in [2.75, 3.05) is 0 Å². The van der Waals surface area contributed by atoms with E-state index in [4.69, 9.17) is 4.74 Å². The summed E-state index contributed by atoms with van der Waals surface area (Å²) in [5.41, 5.74) is 1.73. The molecule has 0 bridgehead atoms. The maximum atomic E-state index is 12.7. The predicted molar refractivity (Wildman–Crippen MR) is 80.2 cm³/mol. The monoisotopic (exact) mass is 282 g/mol. The SMILES string of the molecule is CC1OC(C(C)(C)C)=CC2=C1C(=O)c1ccccc1C2=O. The number of carbonyl (C=O) groups excluding carboxylic acids is 2. The van der Waals surface area contributed by atoms with Gasteiger partial charge in [-0.3, -0.25) is 9.59 Å². The molecule has 0 spiro atoms. The number of fused-ring (bicyclic) bond motifs is 1. The van der Waals surface area contributed by atoms with E-state index >= 15 is 0 Å². The lowest BCUT2D eigenvalue weighted by Gasteiger charge is -2.34. The first-order chi connectivity index (χ1) is 9.80. The molecule has 0 amide bonds. The summed E-state index contributed by atoms with van der Waals surface area (Å²) in [4.78, 5) is 25.3. The fraction of sp³-hybridized carbons (Fsp3) is 0.333. The molecule has 0 aromatic heterocycles. The van der Waals surface area contributed by atoms with Gasteiger partial charge in [-0.1, -0.05) is 45.0 Å². The van der Waals surface area contributed by atoms with Gasteiger partial charge < -0.3 is 4.74 Å². The Kier molecular flexibility index (Phi) is 2.90. The molecule has 108 valence electrons. The molecule has 1 aromatic carbocycles. The fourth-order valence-corrected chi connectivity index (χ4v) is 2.77. The highest BCUT2D eigenvalue weighted by Crippen LogP contribution is 2.38. The van der Waals surface area contributed by atoms with Gasteiger partial charge in [-0.2, -0.15) is 0 Å². The number of carbonyl (C=O) groups is 2. The van der Waals surface area contributed by atoms with Crippen LogP contribution in [0.4, 0.5) is 0 Å². The van der Waals surface area contributed by atoms with E-state index in [-0.39, 0.29) is 17.0 Å². The van der Waals surface area contributed by atoms with Gasteiger partial charge in [0.25, 0.3) is 0 Å². The molecule has 3 nitrogen and oxygen atoms in total. The minimum atomic E-state index is -0.399. The first-order valence-corrected chi connectivity index (χ1v) is 7.12. The number of Topliss-reactive ketones (excluding diaryl/α,β-unsaturated/α-hetero) is 2. The number of allylic oxidation sites excluding steroid dienone is 3. The summed E-state index contributed by atoms with van der Waals surface area (Å²) in [6, 6.07) is 6.98. The van der Waals surface area contributed by atoms with Crippen LogP contribution in [-0.2, 0) is 4.74 Å². The molecule has 0 radical (unpaired) electrons. The molecule has 0 fully saturated rings. The largest absolute Gasteiger partial charge is 0.490 e. The normalized spacial score (nSPS) is 21.5. The summed E-state index contributed by atoms with van der Waals surface area (Å²) in [5.74, 6) is 0.559. The molecular weight excluding hydrogens is 264 g/mol. The molecule has 1 aliphatic heterocycles. The van der Waals surface area contributed by atoms with Crippen molar-refractivity contribution in [2.24, 2.45) is 5.41 Å². The fourth-order valence-electron chi connectivity index (χ4n) is 2.77. The molecule has 1 aromatic rings. The van der Waals surface area contributed by atoms with E-state index in [0.29, 0.717) is 22.3 Å². The van der Waals surface area contributed by atoms with Crippen LogP contribution < -0.4 is 0 Å². The Morgan fingerprint density at radius 2 is 1.57 bits per heavy atom. The third-order valence-electron chi connectivity index (χ3n) is 3.92. The molecular formula is C18H18O3. The smallest absolute Gasteiger partial charge is 0.194 e. The minimum Gasteiger partial charge on any atom is -0.490 e. The van der Waals surface area contributed by atoms with Crippen LogP contribution in [0, 0.1) is 5.41 Å². The average Bonchev–Trinajstić information content (AvgIpc) is 2.43. The van der Waals surface area contributed by atoms with Crippen molar-refractivity contribution in [3.63, 3.8) is 0 Å². The zero-order valence-corrected chi connectivity index (χ0v) is 12.7. The molecule has 3 rings (SSSR count). The number of hydrogen-bond donors (Lipinski definition) is 0. The van der Waals surface area contributed by atoms with Crippen molar-refractivity contribution >= 4 is 11.6 Å². The van der Waals surface area contributed by atoms with Gasteiger partial charge in [0, 0.05) is 22.1 Å². The third-order valence-corrected chi connectivity index (χ3v) is 3.92. The molecule has 1 atom stereocenters. The van der Waals surface area contributed by atoms with Gasteiger partial charge in [-0.05, 0) is 13.0 Å².